The number of hydrogen-bond acceptors (Lipinski definition) is 1. The molecule has 0 atom stereocenters. The van der Waals surface area contributed by atoms with Crippen LogP contribution in [0.3, 0.4) is 0 Å². The highest BCUT2D eigenvalue weighted by molar-refractivity contribution is 5.30. The molecule has 0 aromatic heterocycles. The molecule has 0 heterocycles. The van der Waals surface area contributed by atoms with Gasteiger partial charge in [0, 0.05) is 6.54 Å². The van der Waals surface area contributed by atoms with E-state index in [-0.39, 0.29) is 0 Å². The highest BCUT2D eigenvalue weighted by atomic mass is 15.1. The van der Waals surface area contributed by atoms with Crippen molar-refractivity contribution < 1.29 is 0 Å². The fourth-order valence-electron chi connectivity index (χ4n) is 2.26. The first-order valence-corrected chi connectivity index (χ1v) is 7.07. The number of aryl methyl sites for hydroxylation is 2. The average Bonchev–Trinajstić information content (AvgIpc) is 2.37. The highest BCUT2D eigenvalue weighted by Crippen LogP contribution is 2.14. The van der Waals surface area contributed by atoms with Gasteiger partial charge in [-0.2, -0.15) is 0 Å². The number of benzene rings is 1. The smallest absolute Gasteiger partial charge is 0.0233 e. The fourth-order valence-corrected chi connectivity index (χ4v) is 2.26. The molecule has 0 aliphatic carbocycles. The molecule has 17 heavy (non-hydrogen) atoms. The Morgan fingerprint density at radius 1 is 0.824 bits per heavy atom. The van der Waals surface area contributed by atoms with Crippen molar-refractivity contribution in [2.45, 2.75) is 53.5 Å². The van der Waals surface area contributed by atoms with Gasteiger partial charge in [-0.3, -0.25) is 4.90 Å². The summed E-state index contributed by atoms with van der Waals surface area (Å²) >= 11 is 0. The van der Waals surface area contributed by atoms with Crippen LogP contribution in [0.15, 0.2) is 18.2 Å². The van der Waals surface area contributed by atoms with Gasteiger partial charge in [-0.05, 0) is 49.0 Å². The molecule has 0 unspecified atom stereocenters. The Bertz CT molecular complexity index is 308. The summed E-state index contributed by atoms with van der Waals surface area (Å²) < 4.78 is 0. The van der Waals surface area contributed by atoms with Crippen molar-refractivity contribution in [3.05, 3.63) is 34.9 Å². The molecular formula is C16H27N. The summed E-state index contributed by atoms with van der Waals surface area (Å²) in [7, 11) is 0. The maximum atomic E-state index is 2.52. The van der Waals surface area contributed by atoms with E-state index >= 15 is 0 Å². The molecule has 0 aliphatic heterocycles. The first-order chi connectivity index (χ1) is 8.23. The molecule has 0 aliphatic rings. The van der Waals surface area contributed by atoms with E-state index in [9.17, 15) is 0 Å². The molecule has 0 saturated carbocycles. The van der Waals surface area contributed by atoms with Crippen LogP contribution in [-0.4, -0.2) is 18.0 Å². The molecule has 0 N–H and O–H groups in total. The molecule has 0 saturated heterocycles. The Labute approximate surface area is 107 Å². The lowest BCUT2D eigenvalue weighted by atomic mass is 10.0. The molecule has 0 radical (unpaired) electrons. The van der Waals surface area contributed by atoms with E-state index in [4.69, 9.17) is 0 Å². The van der Waals surface area contributed by atoms with Crippen LogP contribution in [0, 0.1) is 0 Å². The zero-order chi connectivity index (χ0) is 12.7. The summed E-state index contributed by atoms with van der Waals surface area (Å²) in [5, 5.41) is 0. The van der Waals surface area contributed by atoms with Gasteiger partial charge in [0.05, 0.1) is 0 Å². The van der Waals surface area contributed by atoms with Crippen LogP contribution in [0.5, 0.6) is 0 Å². The van der Waals surface area contributed by atoms with Crippen molar-refractivity contribution in [1.29, 1.82) is 0 Å². The number of nitrogens with zero attached hydrogens (tertiary/aromatic N) is 1. The average molecular weight is 233 g/mol. The van der Waals surface area contributed by atoms with Gasteiger partial charge in [-0.25, -0.2) is 0 Å². The molecule has 0 amide bonds. The van der Waals surface area contributed by atoms with Crippen LogP contribution in [0.2, 0.25) is 0 Å². The van der Waals surface area contributed by atoms with Gasteiger partial charge in [-0.15, -0.1) is 0 Å². The largest absolute Gasteiger partial charge is 0.299 e. The first kappa shape index (κ1) is 14.2. The second kappa shape index (κ2) is 7.50. The Morgan fingerprint density at radius 3 is 1.76 bits per heavy atom. The summed E-state index contributed by atoms with van der Waals surface area (Å²) in [5.41, 5.74) is 4.44. The van der Waals surface area contributed by atoms with Crippen LogP contribution >= 0.6 is 0 Å². The standard InChI is InChI=1S/C16H27N/c1-5-9-17(8-4)13-16-11-14(6-2)10-15(7-3)12-16/h10-12H,5-9,13H2,1-4H3. The minimum absolute atomic E-state index is 1.10. The molecule has 1 rings (SSSR count). The third-order valence-corrected chi connectivity index (χ3v) is 3.32. The third-order valence-electron chi connectivity index (χ3n) is 3.32. The molecule has 96 valence electrons. The summed E-state index contributed by atoms with van der Waals surface area (Å²) in [6.07, 6.45) is 3.52. The number of hydrogen-bond donors (Lipinski definition) is 0. The zero-order valence-corrected chi connectivity index (χ0v) is 11.9. The summed E-state index contributed by atoms with van der Waals surface area (Å²) in [6, 6.07) is 7.09. The van der Waals surface area contributed by atoms with Crippen molar-refractivity contribution in [2.24, 2.45) is 0 Å². The molecule has 1 aromatic carbocycles. The summed E-state index contributed by atoms with van der Waals surface area (Å²) in [6.45, 7) is 12.4. The topological polar surface area (TPSA) is 3.24 Å². The molecule has 1 nitrogen and oxygen atoms in total. The van der Waals surface area contributed by atoms with E-state index < -0.39 is 0 Å². The van der Waals surface area contributed by atoms with Crippen LogP contribution < -0.4 is 0 Å². The van der Waals surface area contributed by atoms with Gasteiger partial charge in [0.25, 0.3) is 0 Å². The van der Waals surface area contributed by atoms with Crippen molar-refractivity contribution in [1.82, 2.24) is 4.90 Å². The Morgan fingerprint density at radius 2 is 1.35 bits per heavy atom. The van der Waals surface area contributed by atoms with E-state index in [0.29, 0.717) is 0 Å². The van der Waals surface area contributed by atoms with E-state index in [1.54, 1.807) is 0 Å². The van der Waals surface area contributed by atoms with Crippen molar-refractivity contribution in [2.75, 3.05) is 13.1 Å². The summed E-state index contributed by atoms with van der Waals surface area (Å²) in [5.74, 6) is 0. The lowest BCUT2D eigenvalue weighted by molar-refractivity contribution is 0.280. The third kappa shape index (κ3) is 4.51. The van der Waals surface area contributed by atoms with Gasteiger partial charge in [0.2, 0.25) is 0 Å². The Balaban J connectivity index is 2.81. The predicted molar refractivity (Wildman–Crippen MR) is 76.4 cm³/mol. The van der Waals surface area contributed by atoms with E-state index in [0.717, 1.165) is 25.9 Å². The molecule has 1 aromatic rings. The van der Waals surface area contributed by atoms with Crippen molar-refractivity contribution in [3.63, 3.8) is 0 Å². The van der Waals surface area contributed by atoms with E-state index in [2.05, 4.69) is 50.8 Å². The Kier molecular flexibility index (Phi) is 6.28. The van der Waals surface area contributed by atoms with Gasteiger partial charge >= 0.3 is 0 Å². The van der Waals surface area contributed by atoms with E-state index in [1.807, 2.05) is 0 Å². The Hall–Kier alpha value is -0.820. The quantitative estimate of drug-likeness (QED) is 0.687. The normalized spacial score (nSPS) is 11.1. The first-order valence-electron chi connectivity index (χ1n) is 7.07. The second-order valence-electron chi connectivity index (χ2n) is 4.73. The monoisotopic (exact) mass is 233 g/mol. The van der Waals surface area contributed by atoms with E-state index in [1.165, 1.54) is 29.7 Å². The molecule has 0 spiro atoms. The molecular weight excluding hydrogens is 206 g/mol. The van der Waals surface area contributed by atoms with Gasteiger partial charge in [0.15, 0.2) is 0 Å². The van der Waals surface area contributed by atoms with Gasteiger partial charge < -0.3 is 0 Å². The molecule has 0 fully saturated rings. The summed E-state index contributed by atoms with van der Waals surface area (Å²) in [4.78, 5) is 2.52. The molecule has 0 bridgehead atoms. The predicted octanol–water partition coefficient (Wildman–Crippen LogP) is 4.04. The SMILES string of the molecule is CCCN(CC)Cc1cc(CC)cc(CC)c1. The minimum Gasteiger partial charge on any atom is -0.299 e. The maximum Gasteiger partial charge on any atom is 0.0233 e. The van der Waals surface area contributed by atoms with Crippen molar-refractivity contribution >= 4 is 0 Å². The van der Waals surface area contributed by atoms with Crippen LogP contribution in [0.4, 0.5) is 0 Å². The van der Waals surface area contributed by atoms with Crippen LogP contribution in [0.1, 0.15) is 50.8 Å². The number of rotatable bonds is 7. The zero-order valence-electron chi connectivity index (χ0n) is 11.9. The highest BCUT2D eigenvalue weighted by Gasteiger charge is 2.04. The maximum absolute atomic E-state index is 2.52. The van der Waals surface area contributed by atoms with Crippen LogP contribution in [0.25, 0.3) is 0 Å². The minimum atomic E-state index is 1.10. The second-order valence-corrected chi connectivity index (χ2v) is 4.73. The van der Waals surface area contributed by atoms with Gasteiger partial charge in [0.1, 0.15) is 0 Å². The van der Waals surface area contributed by atoms with Crippen LogP contribution in [-0.2, 0) is 19.4 Å². The van der Waals surface area contributed by atoms with Crippen molar-refractivity contribution in [3.8, 4) is 0 Å². The lowest BCUT2D eigenvalue weighted by Crippen LogP contribution is -2.23. The fraction of sp³-hybridized carbons (Fsp3) is 0.625. The molecule has 1 heteroatoms. The lowest BCUT2D eigenvalue weighted by Gasteiger charge is -2.20. The van der Waals surface area contributed by atoms with Gasteiger partial charge in [-0.1, -0.05) is 45.9 Å².